The van der Waals surface area contributed by atoms with Gasteiger partial charge in [0.15, 0.2) is 0 Å². The number of aromatic nitrogens is 3. The Morgan fingerprint density at radius 1 is 1.35 bits per heavy atom. The molecule has 7 heteroatoms. The summed E-state index contributed by atoms with van der Waals surface area (Å²) >= 11 is 1.38. The average molecular weight is 371 g/mol. The fourth-order valence-corrected chi connectivity index (χ4v) is 4.87. The molecule has 3 aromatic heterocycles. The molecule has 6 nitrogen and oxygen atoms in total. The van der Waals surface area contributed by atoms with Gasteiger partial charge in [0.2, 0.25) is 0 Å². The molecule has 0 aliphatic heterocycles. The van der Waals surface area contributed by atoms with Crippen molar-refractivity contribution in [3.63, 3.8) is 0 Å². The Hall–Kier alpha value is -2.28. The van der Waals surface area contributed by atoms with Gasteiger partial charge in [-0.05, 0) is 43.2 Å². The van der Waals surface area contributed by atoms with Crippen molar-refractivity contribution in [3.8, 4) is 0 Å². The standard InChI is InChI=1S/C19H21N3O3S/c1-4-25-13(23)8-22-9-20-16-14-11-6-5-7-12(11)15(10(2)3)21-18(14)26-17(16)19(22)24/h9-10H,4-8H2,1-3H3. The molecule has 0 bridgehead atoms. The van der Waals surface area contributed by atoms with Crippen LogP contribution in [0.1, 0.15) is 49.9 Å². The van der Waals surface area contributed by atoms with Gasteiger partial charge >= 0.3 is 5.97 Å². The van der Waals surface area contributed by atoms with Crippen LogP contribution < -0.4 is 5.56 Å². The topological polar surface area (TPSA) is 74.1 Å². The van der Waals surface area contributed by atoms with Crippen molar-refractivity contribution in [1.29, 1.82) is 0 Å². The third-order valence-corrected chi connectivity index (χ3v) is 5.91. The van der Waals surface area contributed by atoms with Gasteiger partial charge in [-0.2, -0.15) is 0 Å². The minimum absolute atomic E-state index is 0.118. The Bertz CT molecular complexity index is 1080. The zero-order valence-corrected chi connectivity index (χ0v) is 16.0. The zero-order valence-electron chi connectivity index (χ0n) is 15.2. The molecule has 26 heavy (non-hydrogen) atoms. The highest BCUT2D eigenvalue weighted by atomic mass is 32.1. The van der Waals surface area contributed by atoms with Gasteiger partial charge in [0.05, 0.1) is 18.5 Å². The highest BCUT2D eigenvalue weighted by Gasteiger charge is 2.25. The van der Waals surface area contributed by atoms with E-state index in [-0.39, 0.29) is 12.1 Å². The van der Waals surface area contributed by atoms with E-state index in [0.29, 0.717) is 17.2 Å². The summed E-state index contributed by atoms with van der Waals surface area (Å²) in [6, 6.07) is 0. The van der Waals surface area contributed by atoms with Crippen molar-refractivity contribution in [2.24, 2.45) is 0 Å². The van der Waals surface area contributed by atoms with Crippen LogP contribution in [0.25, 0.3) is 20.4 Å². The minimum atomic E-state index is -0.432. The molecule has 4 rings (SSSR count). The molecule has 3 aromatic rings. The molecule has 0 atom stereocenters. The lowest BCUT2D eigenvalue weighted by Crippen LogP contribution is -2.25. The first kappa shape index (κ1) is 17.1. The fourth-order valence-electron chi connectivity index (χ4n) is 3.76. The lowest BCUT2D eigenvalue weighted by molar-refractivity contribution is -0.143. The third kappa shape index (κ3) is 2.61. The van der Waals surface area contributed by atoms with Gasteiger partial charge in [-0.15, -0.1) is 11.3 Å². The highest BCUT2D eigenvalue weighted by Crippen LogP contribution is 2.39. The van der Waals surface area contributed by atoms with Crippen LogP contribution in [0.3, 0.4) is 0 Å². The Morgan fingerprint density at radius 2 is 2.12 bits per heavy atom. The van der Waals surface area contributed by atoms with Gasteiger partial charge in [0.25, 0.3) is 5.56 Å². The van der Waals surface area contributed by atoms with Crippen LogP contribution in [0, 0.1) is 0 Å². The van der Waals surface area contributed by atoms with E-state index in [1.165, 1.54) is 33.4 Å². The number of fused-ring (bicyclic) bond motifs is 5. The Labute approximate surface area is 154 Å². The van der Waals surface area contributed by atoms with E-state index < -0.39 is 5.97 Å². The number of aryl methyl sites for hydroxylation is 1. The number of hydrogen-bond donors (Lipinski definition) is 0. The monoisotopic (exact) mass is 371 g/mol. The van der Waals surface area contributed by atoms with Crippen LogP contribution in [0.2, 0.25) is 0 Å². The van der Waals surface area contributed by atoms with E-state index in [1.807, 2.05) is 0 Å². The van der Waals surface area contributed by atoms with Gasteiger partial charge in [0, 0.05) is 11.1 Å². The first-order chi connectivity index (χ1) is 12.5. The van der Waals surface area contributed by atoms with Crippen molar-refractivity contribution < 1.29 is 9.53 Å². The predicted molar refractivity (Wildman–Crippen MR) is 102 cm³/mol. The van der Waals surface area contributed by atoms with Crippen LogP contribution >= 0.6 is 11.3 Å². The smallest absolute Gasteiger partial charge is 0.326 e. The maximum Gasteiger partial charge on any atom is 0.326 e. The van der Waals surface area contributed by atoms with E-state index in [9.17, 15) is 9.59 Å². The summed E-state index contributed by atoms with van der Waals surface area (Å²) in [4.78, 5) is 34.9. The molecular weight excluding hydrogens is 350 g/mol. The van der Waals surface area contributed by atoms with E-state index in [2.05, 4.69) is 18.8 Å². The molecule has 1 aliphatic carbocycles. The molecular formula is C19H21N3O3S. The zero-order chi connectivity index (χ0) is 18.4. The van der Waals surface area contributed by atoms with Gasteiger partial charge < -0.3 is 4.74 Å². The number of esters is 1. The van der Waals surface area contributed by atoms with Crippen LogP contribution in [0.5, 0.6) is 0 Å². The van der Waals surface area contributed by atoms with E-state index in [4.69, 9.17) is 9.72 Å². The number of pyridine rings is 1. The number of thiophene rings is 1. The predicted octanol–water partition coefficient (Wildman–Crippen LogP) is 3.18. The quantitative estimate of drug-likeness (QED) is 0.659. The van der Waals surface area contributed by atoms with Crippen LogP contribution in [0.15, 0.2) is 11.1 Å². The SMILES string of the molecule is CCOC(=O)Cn1cnc2c(sc3nc(C(C)C)c4c(c32)CCC4)c1=O. The second-order valence-corrected chi connectivity index (χ2v) is 7.90. The molecule has 0 aromatic carbocycles. The number of carbonyl (C=O) groups excluding carboxylic acids is 1. The van der Waals surface area contributed by atoms with Gasteiger partial charge in [-0.1, -0.05) is 13.8 Å². The summed E-state index contributed by atoms with van der Waals surface area (Å²) in [6.07, 6.45) is 4.62. The van der Waals surface area contributed by atoms with E-state index >= 15 is 0 Å². The normalized spacial score (nSPS) is 13.7. The number of rotatable bonds is 4. The lowest BCUT2D eigenvalue weighted by atomic mass is 9.99. The number of hydrogen-bond acceptors (Lipinski definition) is 6. The lowest BCUT2D eigenvalue weighted by Gasteiger charge is -2.11. The first-order valence-electron chi connectivity index (χ1n) is 9.00. The number of carbonyl (C=O) groups is 1. The number of ether oxygens (including phenoxy) is 1. The molecule has 1 aliphatic rings. The van der Waals surface area contributed by atoms with Gasteiger partial charge in [-0.3, -0.25) is 14.2 Å². The largest absolute Gasteiger partial charge is 0.465 e. The van der Waals surface area contributed by atoms with Crippen molar-refractivity contribution in [3.05, 3.63) is 33.5 Å². The average Bonchev–Trinajstić information content (AvgIpc) is 3.20. The Balaban J connectivity index is 1.94. The summed E-state index contributed by atoms with van der Waals surface area (Å²) in [5.41, 5.74) is 4.30. The van der Waals surface area contributed by atoms with Crippen molar-refractivity contribution in [1.82, 2.24) is 14.5 Å². The third-order valence-electron chi connectivity index (χ3n) is 4.85. The molecule has 136 valence electrons. The van der Waals surface area contributed by atoms with E-state index in [0.717, 1.165) is 40.7 Å². The molecule has 0 saturated carbocycles. The summed E-state index contributed by atoms with van der Waals surface area (Å²) < 4.78 is 6.82. The first-order valence-corrected chi connectivity index (χ1v) is 9.81. The maximum absolute atomic E-state index is 12.9. The second kappa shape index (κ2) is 6.46. The maximum atomic E-state index is 12.9. The Morgan fingerprint density at radius 3 is 2.85 bits per heavy atom. The highest BCUT2D eigenvalue weighted by molar-refractivity contribution is 7.25. The van der Waals surface area contributed by atoms with Crippen LogP contribution in [-0.4, -0.2) is 27.1 Å². The minimum Gasteiger partial charge on any atom is -0.465 e. The van der Waals surface area contributed by atoms with E-state index in [1.54, 1.807) is 6.92 Å². The van der Waals surface area contributed by atoms with Crippen LogP contribution in [-0.2, 0) is 28.9 Å². The summed E-state index contributed by atoms with van der Waals surface area (Å²) in [6.45, 7) is 6.23. The molecule has 0 fully saturated rings. The second-order valence-electron chi connectivity index (χ2n) is 6.90. The van der Waals surface area contributed by atoms with Crippen molar-refractivity contribution >= 4 is 37.7 Å². The van der Waals surface area contributed by atoms with Crippen molar-refractivity contribution in [2.75, 3.05) is 6.61 Å². The summed E-state index contributed by atoms with van der Waals surface area (Å²) in [5.74, 6) is -0.0807. The fraction of sp³-hybridized carbons (Fsp3) is 0.474. The molecule has 3 heterocycles. The molecule has 0 saturated heterocycles. The van der Waals surface area contributed by atoms with Crippen molar-refractivity contribution in [2.45, 2.75) is 52.5 Å². The molecule has 0 N–H and O–H groups in total. The van der Waals surface area contributed by atoms with Gasteiger partial charge in [0.1, 0.15) is 16.1 Å². The number of nitrogens with zero attached hydrogens (tertiary/aromatic N) is 3. The molecule has 0 unspecified atom stereocenters. The summed E-state index contributed by atoms with van der Waals surface area (Å²) in [5, 5.41) is 1.03. The summed E-state index contributed by atoms with van der Waals surface area (Å²) in [7, 11) is 0. The Kier molecular flexibility index (Phi) is 4.26. The molecule has 0 spiro atoms. The molecule has 0 radical (unpaired) electrons. The molecule has 0 amide bonds. The van der Waals surface area contributed by atoms with Crippen LogP contribution in [0.4, 0.5) is 0 Å². The van der Waals surface area contributed by atoms with Gasteiger partial charge in [-0.25, -0.2) is 9.97 Å².